The fourth-order valence-corrected chi connectivity index (χ4v) is 3.46. The van der Waals surface area contributed by atoms with E-state index in [4.69, 9.17) is 0 Å². The number of hydrogen-bond acceptors (Lipinski definition) is 5. The van der Waals surface area contributed by atoms with E-state index in [2.05, 4.69) is 20.2 Å². The van der Waals surface area contributed by atoms with Gasteiger partial charge in [0.05, 0.1) is 4.90 Å². The van der Waals surface area contributed by atoms with Gasteiger partial charge >= 0.3 is 0 Å². The van der Waals surface area contributed by atoms with Crippen molar-refractivity contribution in [3.05, 3.63) is 77.4 Å². The van der Waals surface area contributed by atoms with Crippen LogP contribution in [-0.4, -0.2) is 18.6 Å². The number of nitrogens with zero attached hydrogens (tertiary/aromatic N) is 2. The second-order valence-electron chi connectivity index (χ2n) is 6.06. The van der Waals surface area contributed by atoms with Gasteiger partial charge in [-0.2, -0.15) is 0 Å². The monoisotopic (exact) mass is 368 g/mol. The van der Waals surface area contributed by atoms with Crippen LogP contribution in [0.2, 0.25) is 0 Å². The minimum Gasteiger partial charge on any atom is -0.365 e. The van der Waals surface area contributed by atoms with Crippen LogP contribution in [0.1, 0.15) is 16.7 Å². The summed E-state index contributed by atoms with van der Waals surface area (Å²) in [5, 5.41) is 11.1. The first kappa shape index (κ1) is 17.9. The van der Waals surface area contributed by atoms with Crippen LogP contribution in [0.4, 0.5) is 11.6 Å². The highest BCUT2D eigenvalue weighted by molar-refractivity contribution is 7.92. The molecule has 0 spiro atoms. The Balaban J connectivity index is 1.64. The van der Waals surface area contributed by atoms with E-state index in [-0.39, 0.29) is 10.7 Å². The number of aryl methyl sites for hydroxylation is 2. The molecule has 0 saturated heterocycles. The van der Waals surface area contributed by atoms with Crippen LogP contribution in [0, 0.1) is 13.8 Å². The summed E-state index contributed by atoms with van der Waals surface area (Å²) >= 11 is 0. The fraction of sp³-hybridized carbons (Fsp3) is 0.158. The Bertz CT molecular complexity index is 985. The van der Waals surface area contributed by atoms with Crippen molar-refractivity contribution in [2.24, 2.45) is 0 Å². The molecule has 0 bridgehead atoms. The summed E-state index contributed by atoms with van der Waals surface area (Å²) < 4.78 is 27.2. The Hall–Kier alpha value is -2.93. The minimum absolute atomic E-state index is 0.174. The minimum atomic E-state index is -3.68. The van der Waals surface area contributed by atoms with Gasteiger partial charge in [-0.05, 0) is 49.2 Å². The van der Waals surface area contributed by atoms with Gasteiger partial charge in [-0.1, -0.05) is 42.0 Å². The molecular formula is C19H20N4O2S. The Morgan fingerprint density at radius 2 is 1.54 bits per heavy atom. The van der Waals surface area contributed by atoms with Gasteiger partial charge < -0.3 is 5.32 Å². The molecule has 1 aromatic heterocycles. The summed E-state index contributed by atoms with van der Waals surface area (Å²) in [6.07, 6.45) is 0. The molecule has 0 aliphatic heterocycles. The van der Waals surface area contributed by atoms with Crippen LogP contribution in [0.15, 0.2) is 65.6 Å². The number of hydrogen-bond donors (Lipinski definition) is 2. The molecule has 134 valence electrons. The van der Waals surface area contributed by atoms with E-state index in [1.165, 1.54) is 5.56 Å². The average Bonchev–Trinajstić information content (AvgIpc) is 2.62. The Labute approximate surface area is 153 Å². The van der Waals surface area contributed by atoms with Crippen molar-refractivity contribution in [1.82, 2.24) is 10.2 Å². The van der Waals surface area contributed by atoms with Gasteiger partial charge in [0.1, 0.15) is 5.82 Å². The summed E-state index contributed by atoms with van der Waals surface area (Å²) in [5.74, 6) is 0.747. The van der Waals surface area contributed by atoms with E-state index in [0.29, 0.717) is 12.4 Å². The molecule has 6 nitrogen and oxygen atoms in total. The van der Waals surface area contributed by atoms with Crippen molar-refractivity contribution in [3.63, 3.8) is 0 Å². The standard InChI is InChI=1S/C19H20N4O2S/c1-14-6-8-16(9-7-14)13-20-18-10-11-19(22-21-18)23-26(24,25)17-5-3-4-15(2)12-17/h3-12H,13H2,1-2H3,(H,20,21)(H,22,23). The normalized spacial score (nSPS) is 11.2. The van der Waals surface area contributed by atoms with Gasteiger partial charge in [0.25, 0.3) is 10.0 Å². The lowest BCUT2D eigenvalue weighted by molar-refractivity contribution is 0.601. The molecule has 2 aromatic carbocycles. The van der Waals surface area contributed by atoms with Crippen molar-refractivity contribution in [2.75, 3.05) is 10.0 Å². The van der Waals surface area contributed by atoms with E-state index < -0.39 is 10.0 Å². The highest BCUT2D eigenvalue weighted by Gasteiger charge is 2.15. The number of sulfonamides is 1. The lowest BCUT2D eigenvalue weighted by atomic mass is 10.1. The number of anilines is 2. The van der Waals surface area contributed by atoms with Crippen molar-refractivity contribution in [2.45, 2.75) is 25.3 Å². The third-order valence-corrected chi connectivity index (χ3v) is 5.15. The van der Waals surface area contributed by atoms with Crippen LogP contribution < -0.4 is 10.0 Å². The van der Waals surface area contributed by atoms with Crippen molar-refractivity contribution < 1.29 is 8.42 Å². The Morgan fingerprint density at radius 1 is 0.846 bits per heavy atom. The van der Waals surface area contributed by atoms with Gasteiger partial charge in [-0.15, -0.1) is 10.2 Å². The van der Waals surface area contributed by atoms with Gasteiger partial charge in [0, 0.05) is 6.54 Å². The lowest BCUT2D eigenvalue weighted by Gasteiger charge is -2.09. The molecule has 0 aliphatic carbocycles. The lowest BCUT2D eigenvalue weighted by Crippen LogP contribution is -2.14. The largest absolute Gasteiger partial charge is 0.365 e. The Kier molecular flexibility index (Phi) is 5.18. The molecule has 3 aromatic rings. The molecule has 0 aliphatic rings. The summed E-state index contributed by atoms with van der Waals surface area (Å²) in [5.41, 5.74) is 3.20. The molecule has 3 rings (SSSR count). The van der Waals surface area contributed by atoms with E-state index >= 15 is 0 Å². The molecule has 0 saturated carbocycles. The number of aromatic nitrogens is 2. The summed E-state index contributed by atoms with van der Waals surface area (Å²) in [7, 11) is -3.68. The molecule has 26 heavy (non-hydrogen) atoms. The predicted molar refractivity (Wildman–Crippen MR) is 103 cm³/mol. The number of benzene rings is 2. The molecule has 0 fully saturated rings. The van der Waals surface area contributed by atoms with Crippen molar-refractivity contribution >= 4 is 21.7 Å². The third kappa shape index (κ3) is 4.58. The van der Waals surface area contributed by atoms with Gasteiger partial charge in [-0.25, -0.2) is 8.42 Å². The third-order valence-electron chi connectivity index (χ3n) is 3.80. The zero-order chi connectivity index (χ0) is 18.6. The van der Waals surface area contributed by atoms with Crippen molar-refractivity contribution in [3.8, 4) is 0 Å². The first-order valence-electron chi connectivity index (χ1n) is 8.15. The maximum Gasteiger partial charge on any atom is 0.263 e. The second-order valence-corrected chi connectivity index (χ2v) is 7.75. The zero-order valence-electron chi connectivity index (χ0n) is 14.6. The van der Waals surface area contributed by atoms with E-state index in [1.54, 1.807) is 30.3 Å². The van der Waals surface area contributed by atoms with Gasteiger partial charge in [0.2, 0.25) is 0 Å². The summed E-state index contributed by atoms with van der Waals surface area (Å²) in [6.45, 7) is 4.50. The van der Waals surface area contributed by atoms with E-state index in [1.807, 2.05) is 44.2 Å². The maximum atomic E-state index is 12.4. The van der Waals surface area contributed by atoms with Crippen LogP contribution in [0.25, 0.3) is 0 Å². The quantitative estimate of drug-likeness (QED) is 0.696. The van der Waals surface area contributed by atoms with E-state index in [9.17, 15) is 8.42 Å². The molecule has 7 heteroatoms. The van der Waals surface area contributed by atoms with Crippen molar-refractivity contribution in [1.29, 1.82) is 0 Å². The Morgan fingerprint density at radius 3 is 2.19 bits per heavy atom. The number of rotatable bonds is 6. The molecule has 0 atom stereocenters. The molecule has 1 heterocycles. The highest BCUT2D eigenvalue weighted by atomic mass is 32.2. The van der Waals surface area contributed by atoms with Crippen LogP contribution in [-0.2, 0) is 16.6 Å². The topological polar surface area (TPSA) is 84.0 Å². The van der Waals surface area contributed by atoms with Gasteiger partial charge in [0.15, 0.2) is 5.82 Å². The van der Waals surface area contributed by atoms with Crippen LogP contribution in [0.5, 0.6) is 0 Å². The molecule has 0 unspecified atom stereocenters. The first-order chi connectivity index (χ1) is 12.4. The highest BCUT2D eigenvalue weighted by Crippen LogP contribution is 2.16. The SMILES string of the molecule is Cc1ccc(CNc2ccc(NS(=O)(=O)c3cccc(C)c3)nn2)cc1. The number of nitrogens with one attached hydrogen (secondary N) is 2. The summed E-state index contributed by atoms with van der Waals surface area (Å²) in [4.78, 5) is 0.195. The zero-order valence-corrected chi connectivity index (χ0v) is 15.4. The maximum absolute atomic E-state index is 12.4. The van der Waals surface area contributed by atoms with Gasteiger partial charge in [-0.3, -0.25) is 4.72 Å². The summed E-state index contributed by atoms with van der Waals surface area (Å²) in [6, 6.07) is 18.1. The van der Waals surface area contributed by atoms with E-state index in [0.717, 1.165) is 11.1 Å². The molecule has 0 amide bonds. The smallest absolute Gasteiger partial charge is 0.263 e. The predicted octanol–water partition coefficient (Wildman–Crippen LogP) is 3.51. The molecule has 2 N–H and O–H groups in total. The molecule has 0 radical (unpaired) electrons. The average molecular weight is 368 g/mol. The van der Waals surface area contributed by atoms with Crippen LogP contribution >= 0.6 is 0 Å². The molecular weight excluding hydrogens is 348 g/mol. The first-order valence-corrected chi connectivity index (χ1v) is 9.63. The van der Waals surface area contributed by atoms with Crippen LogP contribution in [0.3, 0.4) is 0 Å². The fourth-order valence-electron chi connectivity index (χ4n) is 2.36. The second kappa shape index (κ2) is 7.53.